The first-order chi connectivity index (χ1) is 9.67. The first-order valence-corrected chi connectivity index (χ1v) is 7.37. The highest BCUT2D eigenvalue weighted by Crippen LogP contribution is 2.13. The first kappa shape index (κ1) is 17.7. The minimum atomic E-state index is -0.577. The lowest BCUT2D eigenvalue weighted by molar-refractivity contribution is -0.155. The Balaban J connectivity index is 2.37. The van der Waals surface area contributed by atoms with Crippen molar-refractivity contribution < 1.29 is 14.6 Å². The largest absolute Gasteiger partial charge is 0.460 e. The van der Waals surface area contributed by atoms with E-state index in [1.54, 1.807) is 0 Å². The van der Waals surface area contributed by atoms with E-state index in [0.717, 1.165) is 11.1 Å². The van der Waals surface area contributed by atoms with Crippen LogP contribution in [0.15, 0.2) is 24.3 Å². The van der Waals surface area contributed by atoms with Crippen LogP contribution in [0.4, 0.5) is 0 Å². The van der Waals surface area contributed by atoms with E-state index in [1.807, 2.05) is 58.9 Å². The van der Waals surface area contributed by atoms with Crippen LogP contribution in [0.5, 0.6) is 0 Å². The van der Waals surface area contributed by atoms with Crippen LogP contribution in [0.2, 0.25) is 0 Å². The number of hydrogen-bond acceptors (Lipinski definition) is 4. The Hall–Kier alpha value is -1.39. The molecule has 2 atom stereocenters. The van der Waals surface area contributed by atoms with Gasteiger partial charge in [-0.3, -0.25) is 4.79 Å². The molecule has 1 aromatic rings. The molecule has 0 bridgehead atoms. The third-order valence-corrected chi connectivity index (χ3v) is 3.01. The van der Waals surface area contributed by atoms with Gasteiger partial charge in [-0.25, -0.2) is 0 Å². The number of nitrogens with one attached hydrogen (secondary N) is 1. The Labute approximate surface area is 127 Å². The zero-order chi connectivity index (χ0) is 16.0. The number of carbonyl (C=O) groups excluding carboxylic acids is 1. The Morgan fingerprint density at radius 3 is 2.38 bits per heavy atom. The minimum Gasteiger partial charge on any atom is -0.460 e. The number of aliphatic hydroxyl groups is 1. The molecular weight excluding hydrogens is 266 g/mol. The molecule has 0 spiro atoms. The summed E-state index contributed by atoms with van der Waals surface area (Å²) in [7, 11) is 0. The molecule has 4 nitrogen and oxygen atoms in total. The van der Waals surface area contributed by atoms with E-state index in [2.05, 4.69) is 5.32 Å². The standard InChI is InChI=1S/C17H27NO3/c1-12-6-8-14(9-7-12)15(19)11-18-13(2)10-16(20)21-17(3,4)5/h6-9,13,15,18-19H,10-11H2,1-5H3. The van der Waals surface area contributed by atoms with Crippen LogP contribution in [0.3, 0.4) is 0 Å². The molecule has 21 heavy (non-hydrogen) atoms. The zero-order valence-corrected chi connectivity index (χ0v) is 13.6. The molecule has 0 aliphatic heterocycles. The van der Waals surface area contributed by atoms with E-state index in [4.69, 9.17) is 4.74 Å². The van der Waals surface area contributed by atoms with Gasteiger partial charge in [-0.15, -0.1) is 0 Å². The number of rotatable bonds is 6. The van der Waals surface area contributed by atoms with Gasteiger partial charge in [-0.1, -0.05) is 29.8 Å². The van der Waals surface area contributed by atoms with Crippen molar-refractivity contribution in [3.05, 3.63) is 35.4 Å². The fourth-order valence-electron chi connectivity index (χ4n) is 1.92. The molecule has 2 unspecified atom stereocenters. The van der Waals surface area contributed by atoms with Gasteiger partial charge in [0.25, 0.3) is 0 Å². The molecule has 1 rings (SSSR count). The topological polar surface area (TPSA) is 58.6 Å². The Morgan fingerprint density at radius 1 is 1.29 bits per heavy atom. The lowest BCUT2D eigenvalue weighted by Crippen LogP contribution is -2.34. The van der Waals surface area contributed by atoms with E-state index >= 15 is 0 Å². The molecule has 0 aromatic heterocycles. The molecular formula is C17H27NO3. The maximum atomic E-state index is 11.7. The summed E-state index contributed by atoms with van der Waals surface area (Å²) < 4.78 is 5.27. The molecule has 0 amide bonds. The van der Waals surface area contributed by atoms with Gasteiger partial charge >= 0.3 is 5.97 Å². The van der Waals surface area contributed by atoms with Crippen molar-refractivity contribution in [1.29, 1.82) is 0 Å². The molecule has 0 radical (unpaired) electrons. The Morgan fingerprint density at radius 2 is 1.86 bits per heavy atom. The van der Waals surface area contributed by atoms with Gasteiger partial charge in [-0.2, -0.15) is 0 Å². The average molecular weight is 293 g/mol. The summed E-state index contributed by atoms with van der Waals surface area (Å²) in [6, 6.07) is 7.74. The number of carbonyl (C=O) groups is 1. The van der Waals surface area contributed by atoms with E-state index in [1.165, 1.54) is 0 Å². The highest BCUT2D eigenvalue weighted by Gasteiger charge is 2.18. The fourth-order valence-corrected chi connectivity index (χ4v) is 1.92. The van der Waals surface area contributed by atoms with Crippen LogP contribution >= 0.6 is 0 Å². The molecule has 0 fully saturated rings. The van der Waals surface area contributed by atoms with Gasteiger partial charge in [0.05, 0.1) is 12.5 Å². The lowest BCUT2D eigenvalue weighted by Gasteiger charge is -2.22. The number of aliphatic hydroxyl groups excluding tert-OH is 1. The zero-order valence-electron chi connectivity index (χ0n) is 13.6. The normalized spacial score (nSPS) is 14.6. The van der Waals surface area contributed by atoms with Gasteiger partial charge in [0.1, 0.15) is 5.60 Å². The van der Waals surface area contributed by atoms with Crippen LogP contribution in [0, 0.1) is 6.92 Å². The van der Waals surface area contributed by atoms with Crippen molar-refractivity contribution in [3.8, 4) is 0 Å². The molecule has 0 aliphatic rings. The molecule has 2 N–H and O–H groups in total. The van der Waals surface area contributed by atoms with E-state index < -0.39 is 11.7 Å². The highest BCUT2D eigenvalue weighted by atomic mass is 16.6. The number of hydrogen-bond donors (Lipinski definition) is 2. The quantitative estimate of drug-likeness (QED) is 0.792. The van der Waals surface area contributed by atoms with Gasteiger partial charge in [-0.05, 0) is 40.2 Å². The summed E-state index contributed by atoms with van der Waals surface area (Å²) in [5, 5.41) is 13.3. The molecule has 4 heteroatoms. The van der Waals surface area contributed by atoms with Crippen molar-refractivity contribution in [3.63, 3.8) is 0 Å². The maximum absolute atomic E-state index is 11.7. The van der Waals surface area contributed by atoms with E-state index in [0.29, 0.717) is 6.54 Å². The predicted octanol–water partition coefficient (Wildman–Crippen LogP) is 2.74. The third kappa shape index (κ3) is 7.25. The fraction of sp³-hybridized carbons (Fsp3) is 0.588. The second-order valence-electron chi connectivity index (χ2n) is 6.53. The second kappa shape index (κ2) is 7.57. The smallest absolute Gasteiger partial charge is 0.307 e. The van der Waals surface area contributed by atoms with Crippen molar-refractivity contribution >= 4 is 5.97 Å². The summed E-state index contributed by atoms with van der Waals surface area (Å²) in [5.74, 6) is -0.229. The molecule has 0 heterocycles. The number of esters is 1. The summed E-state index contributed by atoms with van der Waals surface area (Å²) >= 11 is 0. The number of benzene rings is 1. The summed E-state index contributed by atoms with van der Waals surface area (Å²) in [6.45, 7) is 9.88. The summed E-state index contributed by atoms with van der Waals surface area (Å²) in [6.07, 6.45) is -0.288. The molecule has 0 saturated carbocycles. The Bertz CT molecular complexity index is 448. The van der Waals surface area contributed by atoms with Gasteiger partial charge in [0.15, 0.2) is 0 Å². The second-order valence-corrected chi connectivity index (χ2v) is 6.53. The Kier molecular flexibility index (Phi) is 6.37. The van der Waals surface area contributed by atoms with Gasteiger partial charge in [0, 0.05) is 12.6 Å². The van der Waals surface area contributed by atoms with E-state index in [9.17, 15) is 9.90 Å². The SMILES string of the molecule is Cc1ccc(C(O)CNC(C)CC(=O)OC(C)(C)C)cc1. The van der Waals surface area contributed by atoms with Gasteiger partial charge < -0.3 is 15.2 Å². The van der Waals surface area contributed by atoms with Gasteiger partial charge in [0.2, 0.25) is 0 Å². The molecule has 1 aromatic carbocycles. The average Bonchev–Trinajstić information content (AvgIpc) is 2.34. The third-order valence-electron chi connectivity index (χ3n) is 3.01. The van der Waals surface area contributed by atoms with Crippen LogP contribution < -0.4 is 5.32 Å². The maximum Gasteiger partial charge on any atom is 0.307 e. The van der Waals surface area contributed by atoms with Crippen molar-refractivity contribution in [2.45, 2.75) is 58.8 Å². The highest BCUT2D eigenvalue weighted by molar-refractivity contribution is 5.70. The molecule has 0 saturated heterocycles. The molecule has 0 aliphatic carbocycles. The van der Waals surface area contributed by atoms with E-state index in [-0.39, 0.29) is 18.4 Å². The lowest BCUT2D eigenvalue weighted by atomic mass is 10.1. The minimum absolute atomic E-state index is 0.0417. The number of ether oxygens (including phenoxy) is 1. The van der Waals surface area contributed by atoms with Crippen molar-refractivity contribution in [2.75, 3.05) is 6.54 Å². The van der Waals surface area contributed by atoms with Crippen LogP contribution in [0.1, 0.15) is 51.3 Å². The van der Waals surface area contributed by atoms with Crippen LogP contribution in [-0.2, 0) is 9.53 Å². The molecule has 118 valence electrons. The predicted molar refractivity (Wildman–Crippen MR) is 84.1 cm³/mol. The summed E-state index contributed by atoms with van der Waals surface area (Å²) in [5.41, 5.74) is 1.58. The first-order valence-electron chi connectivity index (χ1n) is 7.37. The van der Waals surface area contributed by atoms with Crippen molar-refractivity contribution in [2.24, 2.45) is 0 Å². The monoisotopic (exact) mass is 293 g/mol. The summed E-state index contributed by atoms with van der Waals surface area (Å²) in [4.78, 5) is 11.7. The number of aryl methyl sites for hydroxylation is 1. The van der Waals surface area contributed by atoms with Crippen LogP contribution in [0.25, 0.3) is 0 Å². The van der Waals surface area contributed by atoms with Crippen LogP contribution in [-0.4, -0.2) is 29.3 Å². The van der Waals surface area contributed by atoms with Crippen molar-refractivity contribution in [1.82, 2.24) is 5.32 Å².